The molecule has 0 saturated heterocycles. The van der Waals surface area contributed by atoms with Crippen LogP contribution in [-0.2, 0) is 25.7 Å². The Bertz CT molecular complexity index is 1820. The van der Waals surface area contributed by atoms with E-state index in [9.17, 15) is 14.7 Å². The Kier molecular flexibility index (Phi) is 5.53. The number of hydrogen-bond acceptors (Lipinski definition) is 5. The van der Waals surface area contributed by atoms with Crippen molar-refractivity contribution >= 4 is 23.1 Å². The molecule has 0 aliphatic carbocycles. The predicted octanol–water partition coefficient (Wildman–Crippen LogP) is 1.85. The minimum atomic E-state index is -1.29. The van der Waals surface area contributed by atoms with E-state index in [1.54, 1.807) is 19.2 Å². The maximum absolute atomic E-state index is 12.7. The van der Waals surface area contributed by atoms with Gasteiger partial charge in [-0.1, -0.05) is 6.07 Å². The van der Waals surface area contributed by atoms with Gasteiger partial charge >= 0.3 is 0 Å². The maximum atomic E-state index is 12.7. The molecule has 0 aromatic heterocycles. The highest BCUT2D eigenvalue weighted by atomic mass is 16.5. The Morgan fingerprint density at radius 2 is 1.63 bits per heavy atom. The first-order chi connectivity index (χ1) is 20.0. The summed E-state index contributed by atoms with van der Waals surface area (Å²) >= 11 is 0. The van der Waals surface area contributed by atoms with Crippen LogP contribution < -0.4 is 35.2 Å². The van der Waals surface area contributed by atoms with Gasteiger partial charge in [-0.05, 0) is 73.9 Å². The Morgan fingerprint density at radius 1 is 0.878 bits per heavy atom. The molecule has 41 heavy (non-hydrogen) atoms. The summed E-state index contributed by atoms with van der Waals surface area (Å²) in [6.45, 7) is 4.26. The van der Waals surface area contributed by atoms with Crippen LogP contribution in [0.4, 0.5) is 5.69 Å². The van der Waals surface area contributed by atoms with Gasteiger partial charge in [0.1, 0.15) is 24.6 Å². The van der Waals surface area contributed by atoms with Crippen LogP contribution in [0.2, 0.25) is 0 Å². The lowest BCUT2D eigenvalue weighted by molar-refractivity contribution is -0.255. The number of rotatable bonds is 3. The fourth-order valence-electron chi connectivity index (χ4n) is 8.02. The van der Waals surface area contributed by atoms with E-state index in [1.807, 2.05) is 0 Å². The van der Waals surface area contributed by atoms with E-state index in [0.717, 1.165) is 105 Å². The largest absolute Gasteiger partial charge is 0.545 e. The van der Waals surface area contributed by atoms with Crippen molar-refractivity contribution in [2.75, 3.05) is 38.1 Å². The maximum Gasteiger partial charge on any atom is 0.251 e. The van der Waals surface area contributed by atoms with Gasteiger partial charge < -0.3 is 24.9 Å². The number of aromatic carboxylic acids is 1. The third-order valence-electron chi connectivity index (χ3n) is 9.69. The van der Waals surface area contributed by atoms with Crippen LogP contribution in [-0.4, -0.2) is 45.1 Å². The molecule has 1 amide bonds. The van der Waals surface area contributed by atoms with E-state index in [-0.39, 0.29) is 11.5 Å². The highest BCUT2D eigenvalue weighted by Crippen LogP contribution is 2.48. The van der Waals surface area contributed by atoms with Crippen LogP contribution in [0.15, 0.2) is 30.3 Å². The van der Waals surface area contributed by atoms with Gasteiger partial charge in [0.15, 0.2) is 0 Å². The number of ether oxygens (including phenoxy) is 1. The molecule has 0 saturated carbocycles. The van der Waals surface area contributed by atoms with Crippen LogP contribution in [0, 0.1) is 0 Å². The van der Waals surface area contributed by atoms with Crippen molar-refractivity contribution in [1.82, 2.24) is 9.89 Å². The molecule has 5 aliphatic heterocycles. The monoisotopic (exact) mass is 547 g/mol. The molecule has 3 aromatic carbocycles. The van der Waals surface area contributed by atoms with Crippen LogP contribution in [0.5, 0.6) is 11.5 Å². The zero-order valence-electron chi connectivity index (χ0n) is 23.4. The quantitative estimate of drug-likeness (QED) is 0.396. The topological polar surface area (TPSA) is 84.7 Å². The Hall–Kier alpha value is -4.13. The van der Waals surface area contributed by atoms with Crippen molar-refractivity contribution in [1.29, 1.82) is 0 Å². The molecule has 208 valence electrons. The molecule has 1 N–H and O–H groups in total. The Morgan fingerprint density at radius 3 is 2.44 bits per heavy atom. The molecule has 0 radical (unpaired) electrons. The lowest BCUT2D eigenvalue weighted by atomic mass is 9.81. The van der Waals surface area contributed by atoms with Gasteiger partial charge in [-0.2, -0.15) is 0 Å². The Labute approximate surface area is 238 Å². The van der Waals surface area contributed by atoms with E-state index in [4.69, 9.17) is 4.74 Å². The number of carboxylic acids is 1. The zero-order valence-corrected chi connectivity index (χ0v) is 23.4. The second-order valence-corrected chi connectivity index (χ2v) is 12.0. The van der Waals surface area contributed by atoms with Gasteiger partial charge in [-0.3, -0.25) is 4.79 Å². The summed E-state index contributed by atoms with van der Waals surface area (Å²) in [6, 6.07) is 9.48. The third kappa shape index (κ3) is 3.60. The highest BCUT2D eigenvalue weighted by Gasteiger charge is 2.36. The SMILES string of the molecule is CNC(=O)c1ccc(C2=c3cc4c5c(c3Oc3c2cc2c6c3CCCN6CCC2)CCC[N+]=5CCC4)c(C(=O)[O-])c1. The zero-order chi connectivity index (χ0) is 27.8. The van der Waals surface area contributed by atoms with Gasteiger partial charge in [-0.15, -0.1) is 0 Å². The number of nitrogens with zero attached hydrogens (tertiary/aromatic N) is 2. The Balaban J connectivity index is 1.51. The summed E-state index contributed by atoms with van der Waals surface area (Å²) in [5.41, 5.74) is 9.21. The smallest absolute Gasteiger partial charge is 0.251 e. The molecule has 7 nitrogen and oxygen atoms in total. The molecule has 0 unspecified atom stereocenters. The van der Waals surface area contributed by atoms with Gasteiger partial charge in [0.2, 0.25) is 5.36 Å². The van der Waals surface area contributed by atoms with Gasteiger partial charge in [0, 0.05) is 77.3 Å². The number of amides is 1. The van der Waals surface area contributed by atoms with E-state index >= 15 is 0 Å². The molecule has 5 aliphatic rings. The molecule has 5 heterocycles. The molecule has 0 bridgehead atoms. The molecule has 8 rings (SSSR count). The summed E-state index contributed by atoms with van der Waals surface area (Å²) < 4.78 is 9.56. The first kappa shape index (κ1) is 24.6. The van der Waals surface area contributed by atoms with Crippen molar-refractivity contribution in [3.05, 3.63) is 85.4 Å². The van der Waals surface area contributed by atoms with Crippen LogP contribution in [0.25, 0.3) is 5.57 Å². The van der Waals surface area contributed by atoms with Crippen LogP contribution in [0.1, 0.15) is 79.8 Å². The van der Waals surface area contributed by atoms with E-state index < -0.39 is 5.97 Å². The fourth-order valence-corrected chi connectivity index (χ4v) is 8.02. The summed E-state index contributed by atoms with van der Waals surface area (Å²) in [4.78, 5) is 27.7. The van der Waals surface area contributed by atoms with Crippen molar-refractivity contribution in [3.8, 4) is 11.5 Å². The van der Waals surface area contributed by atoms with Gasteiger partial charge in [0.05, 0.1) is 11.5 Å². The lowest BCUT2D eigenvalue weighted by Crippen LogP contribution is -2.45. The number of aryl methyl sites for hydroxylation is 2. The normalized spacial score (nSPS) is 18.0. The molecular weight excluding hydrogens is 514 g/mol. The summed E-state index contributed by atoms with van der Waals surface area (Å²) in [6.07, 6.45) is 8.25. The first-order valence-electron chi connectivity index (χ1n) is 15.0. The summed E-state index contributed by atoms with van der Waals surface area (Å²) in [5.74, 6) is 0.140. The number of fused-ring (bicyclic) bond motifs is 4. The van der Waals surface area contributed by atoms with Gasteiger partial charge in [-0.25, -0.2) is 4.58 Å². The average Bonchev–Trinajstić information content (AvgIpc) is 3.00. The third-order valence-corrected chi connectivity index (χ3v) is 9.69. The molecule has 0 fully saturated rings. The van der Waals surface area contributed by atoms with E-state index in [2.05, 4.69) is 26.9 Å². The van der Waals surface area contributed by atoms with Crippen molar-refractivity contribution in [2.45, 2.75) is 51.4 Å². The second kappa shape index (κ2) is 9.20. The molecule has 0 spiro atoms. The average molecular weight is 548 g/mol. The van der Waals surface area contributed by atoms with Crippen LogP contribution in [0.3, 0.4) is 0 Å². The van der Waals surface area contributed by atoms with Crippen molar-refractivity contribution < 1.29 is 19.4 Å². The minimum Gasteiger partial charge on any atom is -0.545 e. The summed E-state index contributed by atoms with van der Waals surface area (Å²) in [5, 5.41) is 17.6. The molecule has 0 atom stereocenters. The summed E-state index contributed by atoms with van der Waals surface area (Å²) in [7, 11) is 1.55. The molecule has 3 aromatic rings. The van der Waals surface area contributed by atoms with E-state index in [1.165, 1.54) is 39.4 Å². The predicted molar refractivity (Wildman–Crippen MR) is 154 cm³/mol. The first-order valence-corrected chi connectivity index (χ1v) is 15.0. The van der Waals surface area contributed by atoms with Crippen LogP contribution >= 0.6 is 0 Å². The highest BCUT2D eigenvalue weighted by molar-refractivity contribution is 6.02. The molecular formula is C34H33N3O4. The number of carbonyl (C=O) groups is 2. The number of nitrogens with one attached hydrogen (secondary N) is 1. The fraction of sp³-hybridized carbons (Fsp3) is 0.382. The van der Waals surface area contributed by atoms with Gasteiger partial charge in [0.25, 0.3) is 5.91 Å². The second-order valence-electron chi connectivity index (χ2n) is 12.0. The minimum absolute atomic E-state index is 0.0286. The number of hydrogen-bond donors (Lipinski definition) is 1. The standard InChI is InChI=1S/C34H33N3O4/c1-35-33(38)21-10-11-22(25(18-21)34(39)40)28-26-16-19-6-2-12-36-14-4-8-23(29(19)36)31(26)41-32-24-9-5-15-37-13-3-7-20(30(24)37)17-27(28)32/h10-11,16-18H,2-9,12-15H2,1H3,(H-,35,38,39,40). The van der Waals surface area contributed by atoms with Crippen molar-refractivity contribution in [3.63, 3.8) is 0 Å². The number of carboxylic acid groups (broad SMARTS) is 1. The lowest BCUT2D eigenvalue weighted by Gasteiger charge is -2.39. The van der Waals surface area contributed by atoms with E-state index in [0.29, 0.717) is 11.1 Å². The number of anilines is 1. The number of carbonyl (C=O) groups excluding carboxylic acids is 2. The molecule has 7 heteroatoms. The number of benzene rings is 3. The van der Waals surface area contributed by atoms with Crippen molar-refractivity contribution in [2.24, 2.45) is 0 Å².